The maximum Gasteiger partial charge on any atom is 0.227 e. The Balaban J connectivity index is 1.63. The number of benzene rings is 1. The van der Waals surface area contributed by atoms with Crippen LogP contribution in [0.3, 0.4) is 0 Å². The molecule has 6 nitrogen and oxygen atoms in total. The third-order valence-electron chi connectivity index (χ3n) is 4.08. The van der Waals surface area contributed by atoms with Crippen molar-refractivity contribution in [3.05, 3.63) is 60.2 Å². The fourth-order valence-corrected chi connectivity index (χ4v) is 2.69. The molecule has 0 bridgehead atoms. The third-order valence-corrected chi connectivity index (χ3v) is 4.08. The van der Waals surface area contributed by atoms with Crippen LogP contribution < -0.4 is 9.47 Å². The predicted octanol–water partition coefficient (Wildman–Crippen LogP) is 3.40. The maximum absolute atomic E-state index is 5.81. The van der Waals surface area contributed by atoms with E-state index < -0.39 is 0 Å². The number of methoxy groups -OCH3 is 1. The van der Waals surface area contributed by atoms with Crippen LogP contribution in [0.15, 0.2) is 48.9 Å². The first-order chi connectivity index (χ1) is 12.3. The highest BCUT2D eigenvalue weighted by Gasteiger charge is 2.31. The van der Waals surface area contributed by atoms with Crippen LogP contribution in [-0.2, 0) is 6.61 Å². The van der Waals surface area contributed by atoms with Gasteiger partial charge in [-0.1, -0.05) is 30.3 Å². The zero-order chi connectivity index (χ0) is 17.1. The summed E-state index contributed by atoms with van der Waals surface area (Å²) < 4.78 is 11.2. The molecule has 126 valence electrons. The van der Waals surface area contributed by atoms with Crippen molar-refractivity contribution >= 4 is 0 Å². The standard InChI is InChI=1S/C19H18N4O2/c1-24-19-16(17(14-7-8-14)21-12-22-19)18-20-10-9-15(23-18)25-11-13-5-3-2-4-6-13/h2-6,9-10,12,14H,7-8,11H2,1H3. The molecule has 1 aromatic carbocycles. The van der Waals surface area contributed by atoms with E-state index in [9.17, 15) is 0 Å². The van der Waals surface area contributed by atoms with E-state index in [-0.39, 0.29) is 0 Å². The second kappa shape index (κ2) is 6.84. The Morgan fingerprint density at radius 1 is 1.04 bits per heavy atom. The summed E-state index contributed by atoms with van der Waals surface area (Å²) in [7, 11) is 1.60. The summed E-state index contributed by atoms with van der Waals surface area (Å²) in [4.78, 5) is 17.6. The van der Waals surface area contributed by atoms with Crippen molar-refractivity contribution in [1.29, 1.82) is 0 Å². The Morgan fingerprint density at radius 2 is 1.88 bits per heavy atom. The lowest BCUT2D eigenvalue weighted by molar-refractivity contribution is 0.293. The zero-order valence-electron chi connectivity index (χ0n) is 13.9. The van der Waals surface area contributed by atoms with Crippen molar-refractivity contribution < 1.29 is 9.47 Å². The van der Waals surface area contributed by atoms with Crippen LogP contribution in [0.2, 0.25) is 0 Å². The second-order valence-electron chi connectivity index (χ2n) is 5.91. The molecule has 4 rings (SSSR count). The molecule has 0 aliphatic heterocycles. The van der Waals surface area contributed by atoms with Gasteiger partial charge in [-0.05, 0) is 18.4 Å². The molecular weight excluding hydrogens is 316 g/mol. The molecule has 0 atom stereocenters. The lowest BCUT2D eigenvalue weighted by atomic mass is 10.1. The largest absolute Gasteiger partial charge is 0.480 e. The number of ether oxygens (including phenoxy) is 2. The topological polar surface area (TPSA) is 70.0 Å². The molecule has 0 radical (unpaired) electrons. The van der Waals surface area contributed by atoms with Crippen molar-refractivity contribution in [3.63, 3.8) is 0 Å². The Labute approximate surface area is 145 Å². The van der Waals surface area contributed by atoms with E-state index in [2.05, 4.69) is 19.9 Å². The van der Waals surface area contributed by atoms with E-state index in [0.29, 0.717) is 30.1 Å². The van der Waals surface area contributed by atoms with Gasteiger partial charge in [-0.3, -0.25) is 0 Å². The number of aromatic nitrogens is 4. The highest BCUT2D eigenvalue weighted by molar-refractivity contribution is 5.66. The molecule has 1 aliphatic carbocycles. The molecule has 1 aliphatic rings. The molecule has 6 heteroatoms. The Bertz CT molecular complexity index is 866. The van der Waals surface area contributed by atoms with Crippen LogP contribution in [-0.4, -0.2) is 27.0 Å². The number of hydrogen-bond acceptors (Lipinski definition) is 6. The van der Waals surface area contributed by atoms with Crippen LogP contribution in [0.5, 0.6) is 11.8 Å². The molecular formula is C19H18N4O2. The average Bonchev–Trinajstić information content (AvgIpc) is 3.52. The Hall–Kier alpha value is -3.02. The summed E-state index contributed by atoms with van der Waals surface area (Å²) in [6.45, 7) is 0.454. The van der Waals surface area contributed by atoms with Crippen molar-refractivity contribution in [2.24, 2.45) is 0 Å². The van der Waals surface area contributed by atoms with Crippen LogP contribution in [0, 0.1) is 0 Å². The van der Waals surface area contributed by atoms with Gasteiger partial charge >= 0.3 is 0 Å². The first-order valence-corrected chi connectivity index (χ1v) is 8.24. The van der Waals surface area contributed by atoms with E-state index in [1.807, 2.05) is 30.3 Å². The monoisotopic (exact) mass is 334 g/mol. The number of hydrogen-bond donors (Lipinski definition) is 0. The Morgan fingerprint density at radius 3 is 2.64 bits per heavy atom. The third kappa shape index (κ3) is 3.42. The molecule has 0 spiro atoms. The molecule has 0 N–H and O–H groups in total. The van der Waals surface area contributed by atoms with Crippen molar-refractivity contribution in [2.75, 3.05) is 7.11 Å². The fraction of sp³-hybridized carbons (Fsp3) is 0.263. The van der Waals surface area contributed by atoms with Crippen molar-refractivity contribution in [1.82, 2.24) is 19.9 Å². The van der Waals surface area contributed by atoms with Gasteiger partial charge in [0.05, 0.1) is 12.8 Å². The quantitative estimate of drug-likeness (QED) is 0.688. The normalized spacial score (nSPS) is 13.5. The van der Waals surface area contributed by atoms with Gasteiger partial charge in [0.15, 0.2) is 5.82 Å². The van der Waals surface area contributed by atoms with E-state index >= 15 is 0 Å². The number of nitrogens with zero attached hydrogens (tertiary/aromatic N) is 4. The highest BCUT2D eigenvalue weighted by atomic mass is 16.5. The van der Waals surface area contributed by atoms with Gasteiger partial charge in [0, 0.05) is 18.2 Å². The molecule has 2 heterocycles. The van der Waals surface area contributed by atoms with Crippen molar-refractivity contribution in [3.8, 4) is 23.1 Å². The molecule has 1 fully saturated rings. The fourth-order valence-electron chi connectivity index (χ4n) is 2.69. The van der Waals surface area contributed by atoms with E-state index in [1.54, 1.807) is 19.4 Å². The minimum absolute atomic E-state index is 0.435. The van der Waals surface area contributed by atoms with Gasteiger partial charge in [0.2, 0.25) is 11.8 Å². The molecule has 0 saturated heterocycles. The number of rotatable bonds is 6. The summed E-state index contributed by atoms with van der Waals surface area (Å²) in [5.74, 6) is 1.98. The minimum Gasteiger partial charge on any atom is -0.480 e. The van der Waals surface area contributed by atoms with E-state index in [1.165, 1.54) is 6.33 Å². The van der Waals surface area contributed by atoms with E-state index in [0.717, 1.165) is 29.7 Å². The zero-order valence-corrected chi connectivity index (χ0v) is 13.9. The van der Waals surface area contributed by atoms with Gasteiger partial charge in [-0.15, -0.1) is 0 Å². The van der Waals surface area contributed by atoms with Gasteiger partial charge in [-0.2, -0.15) is 4.98 Å². The molecule has 0 amide bonds. The molecule has 1 saturated carbocycles. The van der Waals surface area contributed by atoms with Gasteiger partial charge in [0.25, 0.3) is 0 Å². The van der Waals surface area contributed by atoms with Crippen LogP contribution in [0.4, 0.5) is 0 Å². The van der Waals surface area contributed by atoms with Crippen LogP contribution in [0.25, 0.3) is 11.4 Å². The summed E-state index contributed by atoms with van der Waals surface area (Å²) >= 11 is 0. The van der Waals surface area contributed by atoms with E-state index in [4.69, 9.17) is 9.47 Å². The van der Waals surface area contributed by atoms with Crippen LogP contribution in [0.1, 0.15) is 30.0 Å². The van der Waals surface area contributed by atoms with Gasteiger partial charge < -0.3 is 9.47 Å². The van der Waals surface area contributed by atoms with Crippen LogP contribution >= 0.6 is 0 Å². The highest BCUT2D eigenvalue weighted by Crippen LogP contribution is 2.44. The molecule has 2 aromatic heterocycles. The summed E-state index contributed by atoms with van der Waals surface area (Å²) in [6, 6.07) is 11.7. The first-order valence-electron chi connectivity index (χ1n) is 8.24. The average molecular weight is 334 g/mol. The Kier molecular flexibility index (Phi) is 4.24. The smallest absolute Gasteiger partial charge is 0.227 e. The summed E-state index contributed by atoms with van der Waals surface area (Å²) in [5.41, 5.74) is 2.80. The lowest BCUT2D eigenvalue weighted by Crippen LogP contribution is -2.03. The van der Waals surface area contributed by atoms with Gasteiger partial charge in [0.1, 0.15) is 18.5 Å². The molecule has 25 heavy (non-hydrogen) atoms. The molecule has 0 unspecified atom stereocenters. The SMILES string of the molecule is COc1ncnc(C2CC2)c1-c1nccc(OCc2ccccc2)n1. The second-order valence-corrected chi connectivity index (χ2v) is 5.91. The predicted molar refractivity (Wildman–Crippen MR) is 92.4 cm³/mol. The maximum atomic E-state index is 5.81. The summed E-state index contributed by atoms with van der Waals surface area (Å²) in [5, 5.41) is 0. The van der Waals surface area contributed by atoms with Crippen molar-refractivity contribution in [2.45, 2.75) is 25.4 Å². The van der Waals surface area contributed by atoms with Gasteiger partial charge in [-0.25, -0.2) is 15.0 Å². The summed E-state index contributed by atoms with van der Waals surface area (Å²) in [6.07, 6.45) is 5.46. The minimum atomic E-state index is 0.435. The first kappa shape index (κ1) is 15.5. The molecule has 3 aromatic rings. The lowest BCUT2D eigenvalue weighted by Gasteiger charge is -2.11.